The number of nitrogens with two attached hydrogens (primary N) is 1. The third-order valence-corrected chi connectivity index (χ3v) is 6.54. The molecule has 1 aliphatic heterocycles. The van der Waals surface area contributed by atoms with Crippen molar-refractivity contribution in [1.82, 2.24) is 0 Å². The molecule has 1 aromatic heterocycles. The molecule has 3 N–H and O–H groups in total. The smallest absolute Gasteiger partial charge is 0.268 e. The second kappa shape index (κ2) is 7.68. The Bertz CT molecular complexity index is 1020. The zero-order valence-electron chi connectivity index (χ0n) is 15.8. The van der Waals surface area contributed by atoms with Gasteiger partial charge in [-0.2, -0.15) is 0 Å². The van der Waals surface area contributed by atoms with Crippen molar-refractivity contribution in [2.75, 3.05) is 16.8 Å². The molecule has 1 atom stereocenters. The molecule has 2 heterocycles. The molecule has 1 unspecified atom stereocenters. The van der Waals surface area contributed by atoms with Crippen LogP contribution in [0, 0.1) is 0 Å². The average Bonchev–Trinajstić information content (AvgIpc) is 3.04. The number of benzene rings is 1. The van der Waals surface area contributed by atoms with E-state index in [2.05, 4.69) is 5.32 Å². The molecule has 1 aliphatic carbocycles. The van der Waals surface area contributed by atoms with Gasteiger partial charge in [0, 0.05) is 9.90 Å². The van der Waals surface area contributed by atoms with Gasteiger partial charge in [-0.15, -0.1) is 11.3 Å². The Balaban J connectivity index is 1.60. The summed E-state index contributed by atoms with van der Waals surface area (Å²) in [5.74, 6) is -0.818. The summed E-state index contributed by atoms with van der Waals surface area (Å²) in [4.78, 5) is 39.9. The molecule has 2 aliphatic rings. The van der Waals surface area contributed by atoms with Gasteiger partial charge in [0.25, 0.3) is 11.8 Å². The Kier molecular flexibility index (Phi) is 5.23. The molecule has 29 heavy (non-hydrogen) atoms. The van der Waals surface area contributed by atoms with Crippen LogP contribution in [-0.4, -0.2) is 30.4 Å². The fourth-order valence-corrected chi connectivity index (χ4v) is 5.24. The van der Waals surface area contributed by atoms with Gasteiger partial charge in [0.15, 0.2) is 6.10 Å². The minimum absolute atomic E-state index is 0.222. The first-order valence-electron chi connectivity index (χ1n) is 9.37. The van der Waals surface area contributed by atoms with E-state index in [1.54, 1.807) is 25.1 Å². The van der Waals surface area contributed by atoms with E-state index in [1.807, 2.05) is 0 Å². The van der Waals surface area contributed by atoms with E-state index in [1.165, 1.54) is 16.2 Å². The van der Waals surface area contributed by atoms with E-state index in [4.69, 9.17) is 22.1 Å². The lowest BCUT2D eigenvalue weighted by Gasteiger charge is -2.32. The molecule has 0 bridgehead atoms. The summed E-state index contributed by atoms with van der Waals surface area (Å²) in [6.07, 6.45) is 2.99. The van der Waals surface area contributed by atoms with E-state index in [0.29, 0.717) is 27.0 Å². The van der Waals surface area contributed by atoms with Crippen LogP contribution in [0.25, 0.3) is 0 Å². The molecule has 3 amide bonds. The Morgan fingerprint density at radius 2 is 2.10 bits per heavy atom. The quantitative estimate of drug-likeness (QED) is 0.773. The van der Waals surface area contributed by atoms with E-state index in [9.17, 15) is 14.4 Å². The number of amides is 3. The number of halogens is 1. The van der Waals surface area contributed by atoms with Gasteiger partial charge in [-0.25, -0.2) is 0 Å². The average molecular weight is 434 g/mol. The summed E-state index contributed by atoms with van der Waals surface area (Å²) >= 11 is 7.45. The van der Waals surface area contributed by atoms with Gasteiger partial charge in [0.05, 0.1) is 11.3 Å². The number of carbonyl (C=O) groups excluding carboxylic acids is 3. The predicted octanol–water partition coefficient (Wildman–Crippen LogP) is 3.13. The monoisotopic (exact) mass is 433 g/mol. The highest BCUT2D eigenvalue weighted by molar-refractivity contribution is 7.17. The van der Waals surface area contributed by atoms with Crippen molar-refractivity contribution in [2.45, 2.75) is 38.7 Å². The van der Waals surface area contributed by atoms with Crippen molar-refractivity contribution in [2.24, 2.45) is 5.73 Å². The Morgan fingerprint density at radius 3 is 2.86 bits per heavy atom. The van der Waals surface area contributed by atoms with E-state index in [0.717, 1.165) is 36.1 Å². The van der Waals surface area contributed by atoms with Crippen LogP contribution in [-0.2, 0) is 22.4 Å². The topological polar surface area (TPSA) is 102 Å². The zero-order valence-corrected chi connectivity index (χ0v) is 17.4. The minimum Gasteiger partial charge on any atom is -0.479 e. The van der Waals surface area contributed by atoms with Crippen molar-refractivity contribution >= 4 is 51.3 Å². The predicted molar refractivity (Wildman–Crippen MR) is 112 cm³/mol. The summed E-state index contributed by atoms with van der Waals surface area (Å²) in [6.45, 7) is 1.41. The second-order valence-corrected chi connectivity index (χ2v) is 8.67. The summed E-state index contributed by atoms with van der Waals surface area (Å²) in [6, 6.07) is 4.92. The molecular weight excluding hydrogens is 414 g/mol. The molecule has 1 aromatic carbocycles. The summed E-state index contributed by atoms with van der Waals surface area (Å²) in [5, 5.41) is 3.67. The maximum atomic E-state index is 12.8. The number of rotatable bonds is 4. The number of hydrogen-bond acceptors (Lipinski definition) is 5. The highest BCUT2D eigenvalue weighted by atomic mass is 35.5. The molecule has 152 valence electrons. The van der Waals surface area contributed by atoms with Gasteiger partial charge in [0.2, 0.25) is 5.91 Å². The van der Waals surface area contributed by atoms with E-state index >= 15 is 0 Å². The number of nitrogens with one attached hydrogen (secondary N) is 1. The highest BCUT2D eigenvalue weighted by Crippen LogP contribution is 2.39. The first-order valence-corrected chi connectivity index (χ1v) is 10.6. The molecule has 7 nitrogen and oxygen atoms in total. The first kappa shape index (κ1) is 19.7. The number of primary amides is 1. The van der Waals surface area contributed by atoms with Crippen molar-refractivity contribution in [3.63, 3.8) is 0 Å². The number of aryl methyl sites for hydroxylation is 1. The van der Waals surface area contributed by atoms with E-state index in [-0.39, 0.29) is 12.5 Å². The van der Waals surface area contributed by atoms with Crippen LogP contribution in [0.5, 0.6) is 5.75 Å². The van der Waals surface area contributed by atoms with Crippen LogP contribution in [0.3, 0.4) is 0 Å². The molecule has 0 saturated heterocycles. The Morgan fingerprint density at radius 1 is 1.34 bits per heavy atom. The molecular formula is C20H20ClN3O4S. The first-order chi connectivity index (χ1) is 13.8. The van der Waals surface area contributed by atoms with Gasteiger partial charge in [0.1, 0.15) is 17.3 Å². The minimum atomic E-state index is -0.716. The number of hydrogen-bond donors (Lipinski definition) is 2. The molecule has 0 saturated carbocycles. The van der Waals surface area contributed by atoms with Crippen LogP contribution in [0.15, 0.2) is 18.2 Å². The third kappa shape index (κ3) is 3.70. The van der Waals surface area contributed by atoms with Gasteiger partial charge < -0.3 is 15.8 Å². The third-order valence-electron chi connectivity index (χ3n) is 5.10. The maximum absolute atomic E-state index is 12.8. The van der Waals surface area contributed by atoms with Crippen LogP contribution < -0.4 is 20.7 Å². The van der Waals surface area contributed by atoms with Crippen LogP contribution in [0.4, 0.5) is 10.7 Å². The Labute approximate surface area is 176 Å². The van der Waals surface area contributed by atoms with Crippen LogP contribution >= 0.6 is 22.9 Å². The van der Waals surface area contributed by atoms with Gasteiger partial charge in [-0.3, -0.25) is 19.3 Å². The summed E-state index contributed by atoms with van der Waals surface area (Å²) in [5.41, 5.74) is 7.36. The normalized spacial score (nSPS) is 17.9. The van der Waals surface area contributed by atoms with Crippen molar-refractivity contribution in [3.8, 4) is 5.75 Å². The largest absolute Gasteiger partial charge is 0.479 e. The lowest BCUT2D eigenvalue weighted by atomic mass is 9.95. The van der Waals surface area contributed by atoms with Crippen LogP contribution in [0.2, 0.25) is 5.02 Å². The summed E-state index contributed by atoms with van der Waals surface area (Å²) in [7, 11) is 0. The fourth-order valence-electron chi connectivity index (χ4n) is 3.77. The maximum Gasteiger partial charge on any atom is 0.268 e. The molecule has 0 radical (unpaired) electrons. The molecule has 0 fully saturated rings. The van der Waals surface area contributed by atoms with Gasteiger partial charge in [-0.05, 0) is 56.4 Å². The Hall–Kier alpha value is -2.58. The SMILES string of the molecule is CC1Oc2ccc(Cl)cc2N(CC(=O)Nc2sc3c(c2C(N)=O)CCCC3)C1=O. The summed E-state index contributed by atoms with van der Waals surface area (Å²) < 4.78 is 5.59. The highest BCUT2D eigenvalue weighted by Gasteiger charge is 2.33. The number of thiophene rings is 1. The van der Waals surface area contributed by atoms with Gasteiger partial charge >= 0.3 is 0 Å². The van der Waals surface area contributed by atoms with Crippen molar-refractivity contribution in [1.29, 1.82) is 0 Å². The fraction of sp³-hybridized carbons (Fsp3) is 0.350. The van der Waals surface area contributed by atoms with E-state index < -0.39 is 17.9 Å². The number of ether oxygens (including phenoxy) is 1. The molecule has 4 rings (SSSR count). The number of carbonyl (C=O) groups is 3. The number of anilines is 2. The van der Waals surface area contributed by atoms with Gasteiger partial charge in [-0.1, -0.05) is 11.6 Å². The molecule has 0 spiro atoms. The molecule has 2 aromatic rings. The van der Waals surface area contributed by atoms with Crippen molar-refractivity contribution < 1.29 is 19.1 Å². The number of nitrogens with zero attached hydrogens (tertiary/aromatic N) is 1. The standard InChI is InChI=1S/C20H20ClN3O4S/c1-10-20(27)24(13-8-11(21)6-7-14(13)28-10)9-16(25)23-19-17(18(22)26)12-4-2-3-5-15(12)29-19/h6-8,10H,2-5,9H2,1H3,(H2,22,26)(H,23,25). The number of fused-ring (bicyclic) bond motifs is 2. The molecule has 9 heteroatoms. The lowest BCUT2D eigenvalue weighted by molar-refractivity contribution is -0.127. The van der Waals surface area contributed by atoms with Crippen LogP contribution in [0.1, 0.15) is 40.6 Å². The second-order valence-electron chi connectivity index (χ2n) is 7.12. The lowest BCUT2D eigenvalue weighted by Crippen LogP contribution is -2.47. The van der Waals surface area contributed by atoms with Crippen molar-refractivity contribution in [3.05, 3.63) is 39.2 Å². The zero-order chi connectivity index (χ0) is 20.7.